The lowest BCUT2D eigenvalue weighted by molar-refractivity contribution is 0.182. The number of benzene rings is 2. The Morgan fingerprint density at radius 3 is 2.80 bits per heavy atom. The van der Waals surface area contributed by atoms with Gasteiger partial charge in [0.25, 0.3) is 0 Å². The van der Waals surface area contributed by atoms with E-state index in [0.717, 1.165) is 42.4 Å². The Hall–Kier alpha value is -1.67. The minimum atomic E-state index is -3.89. The lowest BCUT2D eigenvalue weighted by atomic mass is 10.0. The molecular weight excluding hydrogens is 367 g/mol. The number of hydrogen-bond donors (Lipinski definition) is 2. The van der Waals surface area contributed by atoms with Crippen LogP contribution in [0.3, 0.4) is 0 Å². The Morgan fingerprint density at radius 2 is 2.08 bits per heavy atom. The fourth-order valence-corrected chi connectivity index (χ4v) is 4.14. The topological polar surface area (TPSA) is 69.6 Å². The Bertz CT molecular complexity index is 905. The number of nitrogens with zero attached hydrogens (tertiary/aromatic N) is 1. The Morgan fingerprint density at radius 1 is 1.32 bits per heavy atom. The molecule has 3 rings (SSSR count). The molecule has 0 amide bonds. The summed E-state index contributed by atoms with van der Waals surface area (Å²) in [6.07, 6.45) is -0.0893. The number of likely N-dealkylation sites (N-methyl/N-ethyl adjacent to an activating group) is 1. The fraction of sp³-hybridized carbons (Fsp3) is 0.294. The van der Waals surface area contributed by atoms with Crippen LogP contribution in [0.5, 0.6) is 0 Å². The largest absolute Gasteiger partial charge is 0.387 e. The molecule has 8 heteroatoms. The van der Waals surface area contributed by atoms with E-state index in [9.17, 15) is 17.9 Å². The van der Waals surface area contributed by atoms with Gasteiger partial charge in [-0.1, -0.05) is 23.7 Å². The zero-order valence-electron chi connectivity index (χ0n) is 13.5. The second-order valence-electron chi connectivity index (χ2n) is 6.00. The van der Waals surface area contributed by atoms with Gasteiger partial charge < -0.3 is 10.0 Å². The van der Waals surface area contributed by atoms with Crippen LogP contribution in [0.25, 0.3) is 0 Å². The zero-order valence-corrected chi connectivity index (χ0v) is 15.1. The average Bonchev–Trinajstić information content (AvgIpc) is 2.95. The molecule has 1 aliphatic heterocycles. The van der Waals surface area contributed by atoms with E-state index in [2.05, 4.69) is 9.62 Å². The van der Waals surface area contributed by atoms with Crippen LogP contribution in [0.1, 0.15) is 17.2 Å². The Labute approximate surface area is 151 Å². The van der Waals surface area contributed by atoms with Crippen molar-refractivity contribution in [1.29, 1.82) is 0 Å². The van der Waals surface area contributed by atoms with Crippen molar-refractivity contribution in [2.45, 2.75) is 17.4 Å². The van der Waals surface area contributed by atoms with Crippen molar-refractivity contribution < 1.29 is 17.9 Å². The summed E-state index contributed by atoms with van der Waals surface area (Å²) in [7, 11) is -1.89. The molecule has 1 atom stereocenters. The van der Waals surface area contributed by atoms with Crippen molar-refractivity contribution >= 4 is 27.3 Å². The van der Waals surface area contributed by atoms with Gasteiger partial charge in [-0.05, 0) is 41.8 Å². The molecule has 2 aromatic carbocycles. The normalized spacial score (nSPS) is 15.3. The predicted molar refractivity (Wildman–Crippen MR) is 95.0 cm³/mol. The molecule has 0 saturated heterocycles. The van der Waals surface area contributed by atoms with Crippen molar-refractivity contribution in [1.82, 2.24) is 4.72 Å². The molecule has 0 unspecified atom stereocenters. The number of aliphatic hydroxyl groups is 1. The molecule has 1 aliphatic rings. The number of fused-ring (bicyclic) bond motifs is 1. The van der Waals surface area contributed by atoms with Crippen LogP contribution >= 0.6 is 11.6 Å². The number of halogens is 2. The number of anilines is 1. The summed E-state index contributed by atoms with van der Waals surface area (Å²) in [4.78, 5) is 1.98. The second-order valence-corrected chi connectivity index (χ2v) is 8.18. The average molecular weight is 385 g/mol. The lowest BCUT2D eigenvalue weighted by Crippen LogP contribution is -2.28. The number of sulfonamides is 1. The van der Waals surface area contributed by atoms with Crippen LogP contribution in [0.15, 0.2) is 41.3 Å². The van der Waals surface area contributed by atoms with E-state index in [0.29, 0.717) is 5.56 Å². The molecule has 5 nitrogen and oxygen atoms in total. The van der Waals surface area contributed by atoms with Crippen molar-refractivity contribution in [3.63, 3.8) is 0 Å². The minimum Gasteiger partial charge on any atom is -0.387 e. The van der Waals surface area contributed by atoms with Crippen LogP contribution in [0.2, 0.25) is 5.02 Å². The maximum atomic E-state index is 13.2. The van der Waals surface area contributed by atoms with E-state index in [4.69, 9.17) is 11.6 Å². The van der Waals surface area contributed by atoms with Crippen LogP contribution in [0.4, 0.5) is 10.1 Å². The van der Waals surface area contributed by atoms with Gasteiger partial charge in [-0.25, -0.2) is 17.5 Å². The van der Waals surface area contributed by atoms with Gasteiger partial charge in [0.15, 0.2) is 0 Å². The Balaban J connectivity index is 1.71. The molecule has 0 saturated carbocycles. The quantitative estimate of drug-likeness (QED) is 0.831. The van der Waals surface area contributed by atoms with Crippen LogP contribution in [0, 0.1) is 5.82 Å². The Kier molecular flexibility index (Phi) is 5.02. The lowest BCUT2D eigenvalue weighted by Gasteiger charge is -2.16. The van der Waals surface area contributed by atoms with Crippen LogP contribution < -0.4 is 9.62 Å². The van der Waals surface area contributed by atoms with E-state index in [1.165, 1.54) is 0 Å². The summed E-state index contributed by atoms with van der Waals surface area (Å²) < 4.78 is 40.0. The first-order valence-corrected chi connectivity index (χ1v) is 9.61. The van der Waals surface area contributed by atoms with Gasteiger partial charge >= 0.3 is 0 Å². The highest BCUT2D eigenvalue weighted by molar-refractivity contribution is 7.89. The van der Waals surface area contributed by atoms with Crippen LogP contribution in [-0.2, 0) is 16.4 Å². The molecule has 2 aromatic rings. The highest BCUT2D eigenvalue weighted by Gasteiger charge is 2.20. The zero-order chi connectivity index (χ0) is 18.2. The van der Waals surface area contributed by atoms with E-state index in [1.807, 2.05) is 19.2 Å². The first kappa shape index (κ1) is 18.1. The third-order valence-corrected chi connectivity index (χ3v) is 6.00. The maximum absolute atomic E-state index is 13.2. The number of hydrogen-bond acceptors (Lipinski definition) is 4. The van der Waals surface area contributed by atoms with Crippen molar-refractivity contribution in [2.75, 3.05) is 25.0 Å². The summed E-state index contributed by atoms with van der Waals surface area (Å²) in [6, 6.07) is 8.76. The highest BCUT2D eigenvalue weighted by Crippen LogP contribution is 2.29. The van der Waals surface area contributed by atoms with E-state index >= 15 is 0 Å². The monoisotopic (exact) mass is 384 g/mol. The highest BCUT2D eigenvalue weighted by atomic mass is 35.5. The maximum Gasteiger partial charge on any atom is 0.240 e. The molecule has 0 aliphatic carbocycles. The smallest absolute Gasteiger partial charge is 0.240 e. The molecule has 25 heavy (non-hydrogen) atoms. The number of rotatable bonds is 5. The molecule has 2 N–H and O–H groups in total. The molecule has 134 valence electrons. The summed E-state index contributed by atoms with van der Waals surface area (Å²) in [5.74, 6) is -0.691. The fourth-order valence-electron chi connectivity index (χ4n) is 2.83. The van der Waals surface area contributed by atoms with Crippen molar-refractivity contribution in [3.8, 4) is 0 Å². The molecule has 0 fully saturated rings. The van der Waals surface area contributed by atoms with Gasteiger partial charge in [-0.2, -0.15) is 0 Å². The second kappa shape index (κ2) is 6.92. The third kappa shape index (κ3) is 3.79. The van der Waals surface area contributed by atoms with Gasteiger partial charge in [0.2, 0.25) is 10.0 Å². The summed E-state index contributed by atoms with van der Waals surface area (Å²) >= 11 is 5.62. The first-order chi connectivity index (χ1) is 11.8. The number of aliphatic hydroxyl groups excluding tert-OH is 1. The van der Waals surface area contributed by atoms with E-state index in [1.54, 1.807) is 6.07 Å². The molecule has 0 bridgehead atoms. The molecular formula is C17H18ClFN2O3S. The van der Waals surface area contributed by atoms with Crippen molar-refractivity contribution in [3.05, 3.63) is 58.4 Å². The van der Waals surface area contributed by atoms with Gasteiger partial charge in [0.05, 0.1) is 16.0 Å². The van der Waals surface area contributed by atoms with E-state index < -0.39 is 21.9 Å². The molecule has 1 heterocycles. The molecule has 0 spiro atoms. The SMILES string of the molecule is CN1CCc2cc([C@H](O)CNS(=O)(=O)c3ccc(F)c(Cl)c3)ccc21. The summed E-state index contributed by atoms with van der Waals surface area (Å²) in [6.45, 7) is 0.735. The summed E-state index contributed by atoms with van der Waals surface area (Å²) in [5.41, 5.74) is 2.90. The van der Waals surface area contributed by atoms with Gasteiger partial charge in [0.1, 0.15) is 5.82 Å². The van der Waals surface area contributed by atoms with E-state index in [-0.39, 0.29) is 16.5 Å². The predicted octanol–water partition coefficient (Wildman–Crippen LogP) is 2.48. The standard InChI is InChI=1S/C17H18ClFN2O3S/c1-21-7-6-11-8-12(2-5-16(11)21)17(22)10-20-25(23,24)13-3-4-15(19)14(18)9-13/h2-5,8-9,17,20,22H,6-7,10H2,1H3/t17-/m1/s1. The third-order valence-electron chi connectivity index (χ3n) is 4.28. The van der Waals surface area contributed by atoms with Gasteiger partial charge in [-0.15, -0.1) is 0 Å². The minimum absolute atomic E-state index is 0.151. The van der Waals surface area contributed by atoms with Crippen LogP contribution in [-0.4, -0.2) is 33.7 Å². The summed E-state index contributed by atoms with van der Waals surface area (Å²) in [5, 5.41) is 10.0. The number of nitrogens with one attached hydrogen (secondary N) is 1. The molecule has 0 radical (unpaired) electrons. The van der Waals surface area contributed by atoms with Gasteiger partial charge in [-0.3, -0.25) is 0 Å². The van der Waals surface area contributed by atoms with Gasteiger partial charge in [0, 0.05) is 25.8 Å². The first-order valence-electron chi connectivity index (χ1n) is 7.74. The van der Waals surface area contributed by atoms with Crippen molar-refractivity contribution in [2.24, 2.45) is 0 Å². The molecule has 0 aromatic heterocycles.